The maximum atomic E-state index is 13.8. The van der Waals surface area contributed by atoms with Crippen molar-refractivity contribution in [3.05, 3.63) is 47.3 Å². The predicted molar refractivity (Wildman–Crippen MR) is 206 cm³/mol. The zero-order chi connectivity index (χ0) is 39.2. The fourth-order valence-corrected chi connectivity index (χ4v) is 10.0. The molecule has 0 spiro atoms. The Kier molecular flexibility index (Phi) is 10.6. The van der Waals surface area contributed by atoms with E-state index < -0.39 is 24.3 Å². The van der Waals surface area contributed by atoms with Gasteiger partial charge < -0.3 is 39.5 Å². The van der Waals surface area contributed by atoms with E-state index in [0.717, 1.165) is 86.9 Å². The molecule has 14 nitrogen and oxygen atoms in total. The average Bonchev–Trinajstić information content (AvgIpc) is 4.02. The number of aromatic amines is 1. The van der Waals surface area contributed by atoms with E-state index in [1.165, 1.54) is 25.5 Å². The Balaban J connectivity index is 1.06. The fourth-order valence-electron chi connectivity index (χ4n) is 10.0. The molecular weight excluding hydrogens is 701 g/mol. The van der Waals surface area contributed by atoms with Gasteiger partial charge in [-0.2, -0.15) is 0 Å². The quantitative estimate of drug-likeness (QED) is 0.229. The van der Waals surface area contributed by atoms with Crippen LogP contribution in [-0.4, -0.2) is 92.7 Å². The number of hydrogen-bond donors (Lipinski definition) is 3. The van der Waals surface area contributed by atoms with Crippen molar-refractivity contribution in [2.24, 2.45) is 18.9 Å². The summed E-state index contributed by atoms with van der Waals surface area (Å²) in [7, 11) is 4.65. The van der Waals surface area contributed by atoms with Gasteiger partial charge in [-0.3, -0.25) is 9.59 Å². The number of fused-ring (bicyclic) bond motifs is 4. The Labute approximate surface area is 323 Å². The number of rotatable bonds is 10. The van der Waals surface area contributed by atoms with Crippen LogP contribution in [0.1, 0.15) is 127 Å². The van der Waals surface area contributed by atoms with Gasteiger partial charge in [-0.1, -0.05) is 33.8 Å². The lowest BCUT2D eigenvalue weighted by atomic mass is 9.51. The number of likely N-dealkylation sites (tertiary alicyclic amines) is 2. The third kappa shape index (κ3) is 6.94. The van der Waals surface area contributed by atoms with E-state index in [1.54, 1.807) is 0 Å². The lowest BCUT2D eigenvalue weighted by Crippen LogP contribution is -2.51. The first-order valence-electron chi connectivity index (χ1n) is 20.1. The average molecular weight is 759 g/mol. The molecule has 14 heteroatoms. The van der Waals surface area contributed by atoms with E-state index in [0.29, 0.717) is 13.1 Å². The van der Waals surface area contributed by atoms with Gasteiger partial charge in [0.25, 0.3) is 0 Å². The van der Waals surface area contributed by atoms with Gasteiger partial charge in [0.1, 0.15) is 23.7 Å². The molecule has 4 amide bonds. The summed E-state index contributed by atoms with van der Waals surface area (Å²) in [6.07, 6.45) is 10.6. The summed E-state index contributed by atoms with van der Waals surface area (Å²) in [4.78, 5) is 69.1. The number of alkyl carbamates (subject to hydrolysis) is 2. The van der Waals surface area contributed by atoms with E-state index in [4.69, 9.17) is 19.4 Å². The maximum Gasteiger partial charge on any atom is 0.407 e. The molecule has 3 aliphatic carbocycles. The summed E-state index contributed by atoms with van der Waals surface area (Å²) in [6, 6.07) is 5.12. The predicted octanol–water partition coefficient (Wildman–Crippen LogP) is 5.93. The number of nitrogens with zero attached hydrogens (tertiary/aromatic N) is 5. The van der Waals surface area contributed by atoms with E-state index in [2.05, 4.69) is 38.4 Å². The SMILES string of the molecule is COC(=O)N[C@H](C(=O)N1CCC[C@H]1c1ncc(C23CCC(c4ccc5c(c4)nc([C@@H]4CCCN4C(=O)[C@@H](NC(=O)OC)C(C)C)n5C)(CC2)CC3)[nH]1)C(C)C. The van der Waals surface area contributed by atoms with Crippen molar-refractivity contribution < 1.29 is 28.7 Å². The number of H-pyrrole nitrogens is 1. The van der Waals surface area contributed by atoms with Gasteiger partial charge in [0.2, 0.25) is 11.8 Å². The van der Waals surface area contributed by atoms with Crippen LogP contribution in [0.2, 0.25) is 0 Å². The van der Waals surface area contributed by atoms with Gasteiger partial charge >= 0.3 is 12.2 Å². The lowest BCUT2D eigenvalue weighted by molar-refractivity contribution is -0.136. The van der Waals surface area contributed by atoms with Crippen LogP contribution < -0.4 is 10.6 Å². The van der Waals surface area contributed by atoms with Crippen LogP contribution in [0, 0.1) is 11.8 Å². The molecule has 8 rings (SSSR count). The number of hydrogen-bond acceptors (Lipinski definition) is 8. The number of imidazole rings is 2. The molecule has 0 radical (unpaired) electrons. The number of methoxy groups -OCH3 is 2. The molecule has 4 heterocycles. The van der Waals surface area contributed by atoms with E-state index in [-0.39, 0.29) is 46.6 Å². The van der Waals surface area contributed by atoms with Crippen molar-refractivity contribution in [2.75, 3.05) is 27.3 Å². The molecule has 2 saturated heterocycles. The van der Waals surface area contributed by atoms with Crippen molar-refractivity contribution in [3.63, 3.8) is 0 Å². The van der Waals surface area contributed by atoms with Gasteiger partial charge in [-0.25, -0.2) is 19.6 Å². The van der Waals surface area contributed by atoms with Crippen molar-refractivity contribution in [1.82, 2.24) is 40.0 Å². The normalized spacial score (nSPS) is 26.1. The van der Waals surface area contributed by atoms with Crippen LogP contribution in [-0.2, 0) is 36.9 Å². The number of amides is 4. The zero-order valence-corrected chi connectivity index (χ0v) is 33.4. The highest BCUT2D eigenvalue weighted by atomic mass is 16.5. The molecule has 4 atom stereocenters. The van der Waals surface area contributed by atoms with Crippen LogP contribution in [0.15, 0.2) is 24.4 Å². The Hall–Kier alpha value is -4.62. The first kappa shape index (κ1) is 38.6. The number of aryl methyl sites for hydroxylation is 1. The number of carbonyl (C=O) groups is 4. The highest BCUT2D eigenvalue weighted by molar-refractivity contribution is 5.87. The molecule has 2 aliphatic heterocycles. The lowest BCUT2D eigenvalue weighted by Gasteiger charge is -2.53. The van der Waals surface area contributed by atoms with E-state index in [9.17, 15) is 19.2 Å². The van der Waals surface area contributed by atoms with Crippen LogP contribution in [0.25, 0.3) is 11.0 Å². The molecule has 5 fully saturated rings. The van der Waals surface area contributed by atoms with Crippen molar-refractivity contribution in [1.29, 1.82) is 0 Å². The van der Waals surface area contributed by atoms with Gasteiger partial charge in [-0.05, 0) is 99.2 Å². The largest absolute Gasteiger partial charge is 0.453 e. The Morgan fingerprint density at radius 2 is 1.33 bits per heavy atom. The molecule has 2 aromatic heterocycles. The fraction of sp³-hybridized carbons (Fsp3) is 0.659. The molecule has 2 bridgehead atoms. The molecule has 3 N–H and O–H groups in total. The van der Waals surface area contributed by atoms with Crippen LogP contribution in [0.5, 0.6) is 0 Å². The Morgan fingerprint density at radius 1 is 0.800 bits per heavy atom. The number of ether oxygens (including phenoxy) is 2. The third-order valence-electron chi connectivity index (χ3n) is 13.4. The zero-order valence-electron chi connectivity index (χ0n) is 33.4. The number of aromatic nitrogens is 4. The van der Waals surface area contributed by atoms with Crippen LogP contribution >= 0.6 is 0 Å². The van der Waals surface area contributed by atoms with Gasteiger partial charge in [0.15, 0.2) is 0 Å². The first-order valence-corrected chi connectivity index (χ1v) is 20.1. The smallest absolute Gasteiger partial charge is 0.407 e. The minimum atomic E-state index is -0.674. The van der Waals surface area contributed by atoms with Crippen molar-refractivity contribution >= 4 is 35.0 Å². The molecule has 298 valence electrons. The second-order valence-corrected chi connectivity index (χ2v) is 17.1. The van der Waals surface area contributed by atoms with Gasteiger partial charge in [0.05, 0.1) is 37.3 Å². The second kappa shape index (κ2) is 15.1. The highest BCUT2D eigenvalue weighted by Crippen LogP contribution is 2.58. The van der Waals surface area contributed by atoms with Gasteiger partial charge in [-0.15, -0.1) is 0 Å². The first-order chi connectivity index (χ1) is 26.3. The summed E-state index contributed by atoms with van der Waals surface area (Å²) in [6.45, 7) is 8.96. The molecule has 3 aromatic rings. The summed E-state index contributed by atoms with van der Waals surface area (Å²) >= 11 is 0. The van der Waals surface area contributed by atoms with Crippen molar-refractivity contribution in [3.8, 4) is 0 Å². The van der Waals surface area contributed by atoms with E-state index in [1.807, 2.05) is 50.7 Å². The summed E-state index contributed by atoms with van der Waals surface area (Å²) in [5.41, 5.74) is 4.63. The second-order valence-electron chi connectivity index (χ2n) is 17.1. The number of nitrogens with one attached hydrogen (secondary N) is 3. The number of carbonyl (C=O) groups excluding carboxylic acids is 4. The topological polar surface area (TPSA) is 164 Å². The maximum absolute atomic E-state index is 13.8. The summed E-state index contributed by atoms with van der Waals surface area (Å²) in [5, 5.41) is 5.48. The van der Waals surface area contributed by atoms with Crippen LogP contribution in [0.3, 0.4) is 0 Å². The molecule has 1 aromatic carbocycles. The van der Waals surface area contributed by atoms with Crippen molar-refractivity contribution in [2.45, 2.75) is 127 Å². The molecule has 55 heavy (non-hydrogen) atoms. The number of benzene rings is 1. The van der Waals surface area contributed by atoms with Gasteiger partial charge in [0, 0.05) is 37.4 Å². The minimum absolute atomic E-state index is 0.0324. The highest BCUT2D eigenvalue weighted by Gasteiger charge is 2.51. The minimum Gasteiger partial charge on any atom is -0.453 e. The summed E-state index contributed by atoms with van der Waals surface area (Å²) < 4.78 is 11.7. The Bertz CT molecular complexity index is 1910. The monoisotopic (exact) mass is 758 g/mol. The third-order valence-corrected chi connectivity index (χ3v) is 13.4. The standard InChI is InChI=1S/C41H58N8O6/c1-24(2)32(45-38(52)54-6)36(50)48-20-8-10-29(48)34-42-23-31(44-34)41-17-14-40(15-18-41,16-19-41)26-12-13-28-27(22-26)43-35(47(28)5)30-11-9-21-49(30)37(51)33(25(3)4)46-39(53)55-7/h12-13,22-25,29-30,32-33H,8-11,14-21H2,1-7H3,(H,42,44)(H,45,52)(H,46,53)/t29-,30-,32-,33-,40?,41?/m0/s1. The Morgan fingerprint density at radius 3 is 1.87 bits per heavy atom. The molecule has 3 saturated carbocycles. The molecule has 5 aliphatic rings. The summed E-state index contributed by atoms with van der Waals surface area (Å²) in [5.74, 6) is 1.32. The van der Waals surface area contributed by atoms with E-state index >= 15 is 0 Å². The molecule has 0 unspecified atom stereocenters. The molecular formula is C41H58N8O6. The van der Waals surface area contributed by atoms with Crippen LogP contribution in [0.4, 0.5) is 9.59 Å².